The summed E-state index contributed by atoms with van der Waals surface area (Å²) in [6.07, 6.45) is 5.41. The zero-order chi connectivity index (χ0) is 22.4. The Bertz CT molecular complexity index is 1320. The van der Waals surface area contributed by atoms with Crippen molar-refractivity contribution in [3.63, 3.8) is 0 Å². The molecule has 0 unspecified atom stereocenters. The minimum Gasteiger partial charge on any atom is -0.391 e. The van der Waals surface area contributed by atoms with E-state index in [1.807, 2.05) is 0 Å². The quantitative estimate of drug-likeness (QED) is 0.340. The van der Waals surface area contributed by atoms with Crippen molar-refractivity contribution in [3.8, 4) is 11.3 Å². The maximum atomic E-state index is 9.31. The predicted octanol–water partition coefficient (Wildman–Crippen LogP) is 2.81. The molecule has 0 saturated carbocycles. The van der Waals surface area contributed by atoms with Crippen molar-refractivity contribution in [1.29, 1.82) is 0 Å². The molecule has 1 fully saturated rings. The number of anilines is 1. The number of aromatic nitrogens is 3. The number of thioether (sulfide) groups is 1. The Balaban J connectivity index is 1.53. The van der Waals surface area contributed by atoms with E-state index in [1.165, 1.54) is 38.1 Å². The summed E-state index contributed by atoms with van der Waals surface area (Å²) in [4.78, 5) is 20.2. The monoisotopic (exact) mass is 478 g/mol. The van der Waals surface area contributed by atoms with Crippen LogP contribution in [0.1, 0.15) is 17.5 Å². The number of aliphatic hydroxyl groups is 1. The maximum Gasteiger partial charge on any atom is 0.189 e. The molecule has 0 atom stereocenters. The SMILES string of the molecule is CSc1nc(N2CC[NH+](CCO)CC2)c2sc3nc(-c4ccccc4)c4c(c3c2n1)CCC4. The van der Waals surface area contributed by atoms with E-state index in [0.29, 0.717) is 0 Å². The molecule has 170 valence electrons. The summed E-state index contributed by atoms with van der Waals surface area (Å²) < 4.78 is 1.17. The van der Waals surface area contributed by atoms with Crippen molar-refractivity contribution in [2.75, 3.05) is 50.5 Å². The second-order valence-electron chi connectivity index (χ2n) is 8.84. The highest BCUT2D eigenvalue weighted by molar-refractivity contribution is 7.98. The molecule has 2 N–H and O–H groups in total. The highest BCUT2D eigenvalue weighted by Gasteiger charge is 2.28. The molecule has 0 spiro atoms. The van der Waals surface area contributed by atoms with Crippen LogP contribution in [0.25, 0.3) is 31.7 Å². The van der Waals surface area contributed by atoms with E-state index in [0.717, 1.165) is 72.6 Å². The van der Waals surface area contributed by atoms with Crippen LogP contribution in [0.15, 0.2) is 35.5 Å². The van der Waals surface area contributed by atoms with Gasteiger partial charge < -0.3 is 14.9 Å². The Morgan fingerprint density at radius 3 is 2.61 bits per heavy atom. The summed E-state index contributed by atoms with van der Waals surface area (Å²) in [7, 11) is 0. The summed E-state index contributed by atoms with van der Waals surface area (Å²) in [5.41, 5.74) is 6.27. The second-order valence-corrected chi connectivity index (χ2v) is 10.6. The number of rotatable bonds is 5. The fourth-order valence-electron chi connectivity index (χ4n) is 5.32. The lowest BCUT2D eigenvalue weighted by molar-refractivity contribution is -0.900. The second kappa shape index (κ2) is 8.83. The summed E-state index contributed by atoms with van der Waals surface area (Å²) in [5, 5.41) is 11.4. The molecule has 33 heavy (non-hydrogen) atoms. The van der Waals surface area contributed by atoms with E-state index in [4.69, 9.17) is 15.0 Å². The molecule has 0 radical (unpaired) electrons. The van der Waals surface area contributed by atoms with Crippen molar-refractivity contribution in [2.45, 2.75) is 24.4 Å². The number of hydrogen-bond donors (Lipinski definition) is 2. The largest absolute Gasteiger partial charge is 0.391 e. The first kappa shape index (κ1) is 21.3. The first-order valence-electron chi connectivity index (χ1n) is 11.7. The number of aryl methyl sites for hydroxylation is 1. The first-order chi connectivity index (χ1) is 16.3. The highest BCUT2D eigenvalue weighted by Crippen LogP contribution is 2.44. The van der Waals surface area contributed by atoms with Crippen LogP contribution in [0.2, 0.25) is 0 Å². The highest BCUT2D eigenvalue weighted by atomic mass is 32.2. The van der Waals surface area contributed by atoms with E-state index in [2.05, 4.69) is 41.5 Å². The van der Waals surface area contributed by atoms with Crippen LogP contribution in [0.4, 0.5) is 5.82 Å². The van der Waals surface area contributed by atoms with Gasteiger partial charge in [-0.3, -0.25) is 0 Å². The number of pyridine rings is 1. The molecule has 4 heterocycles. The number of piperazine rings is 1. The molecule has 6 rings (SSSR count). The number of hydrogen-bond acceptors (Lipinski definition) is 7. The van der Waals surface area contributed by atoms with Crippen molar-refractivity contribution >= 4 is 49.3 Å². The van der Waals surface area contributed by atoms with E-state index in [9.17, 15) is 5.11 Å². The third kappa shape index (κ3) is 3.69. The van der Waals surface area contributed by atoms with Gasteiger partial charge in [0.1, 0.15) is 11.4 Å². The van der Waals surface area contributed by atoms with Gasteiger partial charge in [-0.05, 0) is 36.6 Å². The maximum absolute atomic E-state index is 9.31. The average molecular weight is 479 g/mol. The number of thiophene rings is 1. The molecule has 0 bridgehead atoms. The van der Waals surface area contributed by atoms with E-state index < -0.39 is 0 Å². The van der Waals surface area contributed by atoms with Crippen LogP contribution in [0.5, 0.6) is 0 Å². The first-order valence-corrected chi connectivity index (χ1v) is 13.8. The average Bonchev–Trinajstić information content (AvgIpc) is 3.48. The van der Waals surface area contributed by atoms with Gasteiger partial charge >= 0.3 is 0 Å². The Hall–Kier alpha value is -2.26. The summed E-state index contributed by atoms with van der Waals surface area (Å²) in [5.74, 6) is 1.06. The van der Waals surface area contributed by atoms with Crippen LogP contribution < -0.4 is 9.80 Å². The van der Waals surface area contributed by atoms with E-state index in [1.54, 1.807) is 23.1 Å². The van der Waals surface area contributed by atoms with Crippen LogP contribution in [-0.2, 0) is 12.8 Å². The molecule has 1 aliphatic carbocycles. The van der Waals surface area contributed by atoms with E-state index in [-0.39, 0.29) is 6.61 Å². The molecule has 8 heteroatoms. The molecular formula is C25H28N5OS2+. The third-order valence-corrected chi connectivity index (χ3v) is 8.58. The summed E-state index contributed by atoms with van der Waals surface area (Å²) >= 11 is 3.37. The lowest BCUT2D eigenvalue weighted by atomic mass is 10.0. The Morgan fingerprint density at radius 1 is 1.06 bits per heavy atom. The number of fused-ring (bicyclic) bond motifs is 5. The van der Waals surface area contributed by atoms with Gasteiger partial charge in [-0.25, -0.2) is 15.0 Å². The predicted molar refractivity (Wildman–Crippen MR) is 137 cm³/mol. The molecule has 3 aromatic heterocycles. The summed E-state index contributed by atoms with van der Waals surface area (Å²) in [6.45, 7) is 5.02. The van der Waals surface area contributed by atoms with Gasteiger partial charge in [0.05, 0.1) is 48.7 Å². The Labute approximate surface area is 201 Å². The van der Waals surface area contributed by atoms with Crippen LogP contribution >= 0.6 is 23.1 Å². The van der Waals surface area contributed by atoms with Crippen molar-refractivity contribution in [1.82, 2.24) is 15.0 Å². The van der Waals surface area contributed by atoms with Crippen molar-refractivity contribution < 1.29 is 10.0 Å². The minimum absolute atomic E-state index is 0.251. The number of nitrogens with zero attached hydrogens (tertiary/aromatic N) is 4. The molecule has 1 aromatic carbocycles. The molecule has 1 aliphatic heterocycles. The van der Waals surface area contributed by atoms with Gasteiger partial charge in [-0.1, -0.05) is 42.1 Å². The molecular weight excluding hydrogens is 450 g/mol. The van der Waals surface area contributed by atoms with Crippen LogP contribution in [0, 0.1) is 0 Å². The topological polar surface area (TPSA) is 66.6 Å². The Kier molecular flexibility index (Phi) is 5.70. The molecule has 6 nitrogen and oxygen atoms in total. The number of quaternary nitrogens is 1. The Morgan fingerprint density at radius 2 is 1.85 bits per heavy atom. The fourth-order valence-corrected chi connectivity index (χ4v) is 6.84. The van der Waals surface area contributed by atoms with Crippen molar-refractivity contribution in [2.24, 2.45) is 0 Å². The zero-order valence-electron chi connectivity index (χ0n) is 18.8. The third-order valence-electron chi connectivity index (χ3n) is 6.96. The number of aliphatic hydroxyl groups excluding tert-OH is 1. The van der Waals surface area contributed by atoms with Crippen LogP contribution in [0.3, 0.4) is 0 Å². The van der Waals surface area contributed by atoms with Gasteiger partial charge in [0, 0.05) is 10.9 Å². The van der Waals surface area contributed by atoms with Gasteiger partial charge in [0.15, 0.2) is 11.0 Å². The standard InChI is InChI=1S/C25H27N5OS2/c1-32-25-27-21-19-17-8-5-9-18(17)20(16-6-3-2-4-7-16)26-24(19)33-22(21)23(28-25)30-12-10-29(11-13-30)14-15-31/h2-4,6-7,31H,5,8-15H2,1H3/p+1. The molecule has 1 saturated heterocycles. The number of benzene rings is 1. The molecule has 0 amide bonds. The lowest BCUT2D eigenvalue weighted by Crippen LogP contribution is -3.15. The zero-order valence-corrected chi connectivity index (χ0v) is 20.4. The van der Waals surface area contributed by atoms with Gasteiger partial charge in [0.2, 0.25) is 0 Å². The number of nitrogens with one attached hydrogen (secondary N) is 1. The van der Waals surface area contributed by atoms with E-state index >= 15 is 0 Å². The van der Waals surface area contributed by atoms with Crippen molar-refractivity contribution in [3.05, 3.63) is 41.5 Å². The normalized spacial score (nSPS) is 16.7. The van der Waals surface area contributed by atoms with Gasteiger partial charge in [-0.2, -0.15) is 0 Å². The smallest absolute Gasteiger partial charge is 0.189 e. The van der Waals surface area contributed by atoms with Gasteiger partial charge in [0.25, 0.3) is 0 Å². The molecule has 4 aromatic rings. The lowest BCUT2D eigenvalue weighted by Gasteiger charge is -2.32. The van der Waals surface area contributed by atoms with Gasteiger partial charge in [-0.15, -0.1) is 11.3 Å². The minimum atomic E-state index is 0.251. The fraction of sp³-hybridized carbons (Fsp3) is 0.400. The molecule has 2 aliphatic rings. The summed E-state index contributed by atoms with van der Waals surface area (Å²) in [6, 6.07) is 10.6. The van der Waals surface area contributed by atoms with Crippen LogP contribution in [-0.4, -0.2) is 65.6 Å².